The van der Waals surface area contributed by atoms with E-state index in [9.17, 15) is 23.3 Å². The van der Waals surface area contributed by atoms with Gasteiger partial charge in [0.15, 0.2) is 6.61 Å². The molecule has 1 aromatic carbocycles. The topological polar surface area (TPSA) is 117 Å². The predicted molar refractivity (Wildman–Crippen MR) is 104 cm³/mol. The summed E-state index contributed by atoms with van der Waals surface area (Å²) in [5.74, 6) is -1.36. The first-order valence-electron chi connectivity index (χ1n) is 8.98. The van der Waals surface area contributed by atoms with Crippen LogP contribution in [0.4, 0.5) is 5.69 Å². The second-order valence-corrected chi connectivity index (χ2v) is 9.28. The van der Waals surface area contributed by atoms with Gasteiger partial charge in [-0.05, 0) is 49.4 Å². The van der Waals surface area contributed by atoms with Crippen LogP contribution in [-0.4, -0.2) is 45.2 Å². The maximum atomic E-state index is 12.3. The van der Waals surface area contributed by atoms with E-state index in [1.54, 1.807) is 19.1 Å². The van der Waals surface area contributed by atoms with Crippen LogP contribution in [0.3, 0.4) is 0 Å². The second-order valence-electron chi connectivity index (χ2n) is 7.38. The van der Waals surface area contributed by atoms with Crippen molar-refractivity contribution in [3.05, 3.63) is 29.3 Å². The second kappa shape index (κ2) is 8.19. The van der Waals surface area contributed by atoms with Crippen LogP contribution in [0.5, 0.6) is 0 Å². The molecule has 0 spiro atoms. The molecular formula is C19H25N3O5S. The highest BCUT2D eigenvalue weighted by Crippen LogP contribution is 2.30. The van der Waals surface area contributed by atoms with Gasteiger partial charge < -0.3 is 10.1 Å². The molecule has 0 aliphatic carbocycles. The number of anilines is 1. The van der Waals surface area contributed by atoms with E-state index < -0.39 is 34.0 Å². The Kier molecular flexibility index (Phi) is 6.34. The standard InChI is InChI=1S/C19H25N3O5S/c1-13(2)19(3,12-20)21-17(23)11-27-18(24)15-7-8-16-14(10-15)6-5-9-22(16)28(4,25)26/h7-8,10,13H,5-6,9,11H2,1-4H3,(H,21,23)/t19-/m1/s1. The number of rotatable bonds is 6. The van der Waals surface area contributed by atoms with Gasteiger partial charge in [-0.25, -0.2) is 13.2 Å². The predicted octanol–water partition coefficient (Wildman–Crippen LogP) is 1.61. The Labute approximate surface area is 165 Å². The fourth-order valence-electron chi connectivity index (χ4n) is 2.88. The lowest BCUT2D eigenvalue weighted by Crippen LogP contribution is -2.50. The summed E-state index contributed by atoms with van der Waals surface area (Å²) in [6.45, 7) is 5.12. The van der Waals surface area contributed by atoms with Gasteiger partial charge in [-0.1, -0.05) is 13.8 Å². The number of benzene rings is 1. The van der Waals surface area contributed by atoms with Crippen molar-refractivity contribution in [1.29, 1.82) is 5.26 Å². The summed E-state index contributed by atoms with van der Waals surface area (Å²) in [5, 5.41) is 11.8. The fourth-order valence-corrected chi connectivity index (χ4v) is 3.87. The van der Waals surface area contributed by atoms with Crippen molar-refractivity contribution in [3.63, 3.8) is 0 Å². The molecule has 152 valence electrons. The first-order valence-corrected chi connectivity index (χ1v) is 10.8. The molecule has 1 aromatic rings. The molecule has 0 unspecified atom stereocenters. The lowest BCUT2D eigenvalue weighted by Gasteiger charge is -2.29. The first-order chi connectivity index (χ1) is 13.0. The molecule has 1 atom stereocenters. The Bertz CT molecular complexity index is 920. The van der Waals surface area contributed by atoms with Crippen LogP contribution in [0.2, 0.25) is 0 Å². The van der Waals surface area contributed by atoms with Gasteiger partial charge in [0, 0.05) is 6.54 Å². The quantitative estimate of drug-likeness (QED) is 0.716. The van der Waals surface area contributed by atoms with Crippen molar-refractivity contribution < 1.29 is 22.7 Å². The van der Waals surface area contributed by atoms with Gasteiger partial charge in [-0.3, -0.25) is 9.10 Å². The van der Waals surface area contributed by atoms with E-state index in [0.717, 1.165) is 11.8 Å². The number of nitrogens with one attached hydrogen (secondary N) is 1. The fraction of sp³-hybridized carbons (Fsp3) is 0.526. The third kappa shape index (κ3) is 4.81. The highest BCUT2D eigenvalue weighted by Gasteiger charge is 2.30. The molecule has 0 saturated carbocycles. The molecule has 0 saturated heterocycles. The lowest BCUT2D eigenvalue weighted by atomic mass is 9.90. The van der Waals surface area contributed by atoms with Gasteiger partial charge >= 0.3 is 5.97 Å². The van der Waals surface area contributed by atoms with E-state index >= 15 is 0 Å². The number of nitrogens with zero attached hydrogens (tertiary/aromatic N) is 2. The number of fused-ring (bicyclic) bond motifs is 1. The normalized spacial score (nSPS) is 15.9. The van der Waals surface area contributed by atoms with Crippen molar-refractivity contribution in [2.24, 2.45) is 5.92 Å². The summed E-state index contributed by atoms with van der Waals surface area (Å²) in [4.78, 5) is 24.3. The largest absolute Gasteiger partial charge is 0.452 e. The maximum Gasteiger partial charge on any atom is 0.338 e. The molecule has 1 aliphatic heterocycles. The van der Waals surface area contributed by atoms with Crippen LogP contribution >= 0.6 is 0 Å². The van der Waals surface area contributed by atoms with Gasteiger partial charge in [0.25, 0.3) is 5.91 Å². The van der Waals surface area contributed by atoms with E-state index in [4.69, 9.17) is 4.74 Å². The number of hydrogen-bond acceptors (Lipinski definition) is 6. The minimum atomic E-state index is -3.38. The van der Waals surface area contributed by atoms with Crippen molar-refractivity contribution >= 4 is 27.6 Å². The minimum Gasteiger partial charge on any atom is -0.452 e. The Morgan fingerprint density at radius 1 is 1.39 bits per heavy atom. The van der Waals surface area contributed by atoms with Gasteiger partial charge in [-0.2, -0.15) is 5.26 Å². The minimum absolute atomic E-state index is 0.115. The number of nitriles is 1. The number of hydrogen-bond donors (Lipinski definition) is 1. The molecule has 1 aliphatic rings. The molecule has 0 aromatic heterocycles. The monoisotopic (exact) mass is 407 g/mol. The average Bonchev–Trinajstić information content (AvgIpc) is 2.64. The smallest absolute Gasteiger partial charge is 0.338 e. The molecule has 8 nitrogen and oxygen atoms in total. The van der Waals surface area contributed by atoms with E-state index in [-0.39, 0.29) is 11.5 Å². The van der Waals surface area contributed by atoms with E-state index in [0.29, 0.717) is 25.1 Å². The number of ether oxygens (including phenoxy) is 1. The summed E-state index contributed by atoms with van der Waals surface area (Å²) < 4.78 is 30.2. The van der Waals surface area contributed by atoms with Crippen LogP contribution in [-0.2, 0) is 26.0 Å². The van der Waals surface area contributed by atoms with Gasteiger partial charge in [0.05, 0.1) is 23.6 Å². The number of sulfonamides is 1. The van der Waals surface area contributed by atoms with E-state index in [2.05, 4.69) is 11.4 Å². The van der Waals surface area contributed by atoms with Crippen LogP contribution < -0.4 is 9.62 Å². The summed E-state index contributed by atoms with van der Waals surface area (Å²) >= 11 is 0. The zero-order valence-corrected chi connectivity index (χ0v) is 17.3. The van der Waals surface area contributed by atoms with Gasteiger partial charge in [-0.15, -0.1) is 0 Å². The highest BCUT2D eigenvalue weighted by molar-refractivity contribution is 7.92. The first kappa shape index (κ1) is 21.7. The molecule has 1 N–H and O–H groups in total. The number of carbonyl (C=O) groups excluding carboxylic acids is 2. The third-order valence-corrected chi connectivity index (χ3v) is 6.09. The Balaban J connectivity index is 2.06. The van der Waals surface area contributed by atoms with Crippen LogP contribution in [0.25, 0.3) is 0 Å². The lowest BCUT2D eigenvalue weighted by molar-refractivity contribution is -0.125. The molecule has 28 heavy (non-hydrogen) atoms. The molecule has 2 rings (SSSR count). The summed E-state index contributed by atoms with van der Waals surface area (Å²) in [6.07, 6.45) is 2.45. The highest BCUT2D eigenvalue weighted by atomic mass is 32.2. The number of carbonyl (C=O) groups is 2. The molecule has 9 heteroatoms. The Hall–Kier alpha value is -2.60. The average molecular weight is 407 g/mol. The Morgan fingerprint density at radius 2 is 2.07 bits per heavy atom. The molecule has 1 heterocycles. The number of aryl methyl sites for hydroxylation is 1. The number of amides is 1. The van der Waals surface area contributed by atoms with Crippen molar-refractivity contribution in [3.8, 4) is 6.07 Å². The van der Waals surface area contributed by atoms with Crippen LogP contribution in [0.1, 0.15) is 43.1 Å². The zero-order chi connectivity index (χ0) is 21.1. The molecule has 1 amide bonds. The van der Waals surface area contributed by atoms with Crippen molar-refractivity contribution in [2.75, 3.05) is 23.7 Å². The van der Waals surface area contributed by atoms with Crippen LogP contribution in [0, 0.1) is 17.2 Å². The maximum absolute atomic E-state index is 12.3. The zero-order valence-electron chi connectivity index (χ0n) is 16.5. The van der Waals surface area contributed by atoms with Crippen LogP contribution in [0.15, 0.2) is 18.2 Å². The summed E-state index contributed by atoms with van der Waals surface area (Å²) in [6, 6.07) is 6.71. The molecular weight excluding hydrogens is 382 g/mol. The molecule has 0 fully saturated rings. The van der Waals surface area contributed by atoms with E-state index in [1.165, 1.54) is 10.4 Å². The SMILES string of the molecule is CC(C)[C@@](C)(C#N)NC(=O)COC(=O)c1ccc2c(c1)CCCN2S(C)(=O)=O. The van der Waals surface area contributed by atoms with E-state index in [1.807, 2.05) is 13.8 Å². The summed E-state index contributed by atoms with van der Waals surface area (Å²) in [5.41, 5.74) is 0.496. The Morgan fingerprint density at radius 3 is 2.64 bits per heavy atom. The molecule has 0 bridgehead atoms. The van der Waals surface area contributed by atoms with Gasteiger partial charge in [0.2, 0.25) is 10.0 Å². The van der Waals surface area contributed by atoms with Crippen molar-refractivity contribution in [1.82, 2.24) is 5.32 Å². The summed E-state index contributed by atoms with van der Waals surface area (Å²) in [7, 11) is -3.38. The number of esters is 1. The third-order valence-electron chi connectivity index (χ3n) is 4.91. The van der Waals surface area contributed by atoms with Gasteiger partial charge in [0.1, 0.15) is 5.54 Å². The molecule has 0 radical (unpaired) electrons. The van der Waals surface area contributed by atoms with Crippen molar-refractivity contribution in [2.45, 2.75) is 39.2 Å².